The second-order valence-corrected chi connectivity index (χ2v) is 8.21. The molecule has 28 heavy (non-hydrogen) atoms. The van der Waals surface area contributed by atoms with E-state index in [9.17, 15) is 4.79 Å². The number of nitrogens with zero attached hydrogens (tertiary/aromatic N) is 1. The highest BCUT2D eigenvalue weighted by Gasteiger charge is 2.30. The fourth-order valence-electron chi connectivity index (χ4n) is 4.20. The van der Waals surface area contributed by atoms with E-state index >= 15 is 0 Å². The third-order valence-corrected chi connectivity index (χ3v) is 6.05. The number of likely N-dealkylation sites (tertiary alicyclic amines) is 1. The number of ether oxygens (including phenoxy) is 1. The van der Waals surface area contributed by atoms with Crippen molar-refractivity contribution in [1.82, 2.24) is 4.90 Å². The van der Waals surface area contributed by atoms with Crippen molar-refractivity contribution >= 4 is 23.2 Å². The molecule has 2 aliphatic rings. The van der Waals surface area contributed by atoms with Crippen molar-refractivity contribution in [2.45, 2.75) is 44.6 Å². The molecule has 0 spiro atoms. The van der Waals surface area contributed by atoms with Gasteiger partial charge in [-0.3, -0.25) is 4.79 Å². The van der Waals surface area contributed by atoms with E-state index in [1.165, 1.54) is 12.8 Å². The van der Waals surface area contributed by atoms with Crippen molar-refractivity contribution in [3.63, 3.8) is 0 Å². The number of anilines is 1. The number of carbonyl (C=O) groups excluding carboxylic acids is 1. The maximum atomic E-state index is 12.6. The van der Waals surface area contributed by atoms with Crippen LogP contribution in [0.2, 0.25) is 5.02 Å². The van der Waals surface area contributed by atoms with Crippen LogP contribution in [0.25, 0.3) is 0 Å². The van der Waals surface area contributed by atoms with Crippen LogP contribution in [-0.4, -0.2) is 29.9 Å². The number of hydrogen-bond donors (Lipinski definition) is 1. The maximum absolute atomic E-state index is 12.6. The molecule has 4 nitrogen and oxygen atoms in total. The molecule has 1 saturated carbocycles. The molecular weight excluding hydrogens is 372 g/mol. The lowest BCUT2D eigenvalue weighted by atomic mass is 10.0. The van der Waals surface area contributed by atoms with Crippen LogP contribution in [0, 0.1) is 5.92 Å². The summed E-state index contributed by atoms with van der Waals surface area (Å²) in [5.74, 6) is 2.21. The van der Waals surface area contributed by atoms with Gasteiger partial charge >= 0.3 is 0 Å². The molecule has 0 unspecified atom stereocenters. The fourth-order valence-corrected chi connectivity index (χ4v) is 4.33. The highest BCUT2D eigenvalue weighted by Crippen LogP contribution is 2.32. The van der Waals surface area contributed by atoms with Crippen molar-refractivity contribution in [1.29, 1.82) is 0 Å². The quantitative estimate of drug-likeness (QED) is 0.699. The molecule has 5 heteroatoms. The average Bonchev–Trinajstić information content (AvgIpc) is 3.26. The van der Waals surface area contributed by atoms with Gasteiger partial charge in [0, 0.05) is 30.1 Å². The molecule has 0 bridgehead atoms. The molecule has 2 aromatic rings. The number of halogens is 1. The minimum atomic E-state index is 0.276. The fraction of sp³-hybridized carbons (Fsp3) is 0.435. The third kappa shape index (κ3) is 4.61. The zero-order valence-corrected chi connectivity index (χ0v) is 16.8. The predicted molar refractivity (Wildman–Crippen MR) is 113 cm³/mol. The number of carbonyl (C=O) groups is 1. The molecule has 1 saturated heterocycles. The van der Waals surface area contributed by atoms with E-state index in [-0.39, 0.29) is 5.92 Å². The molecular formula is C23H27ClN2O2. The number of piperidine rings is 1. The van der Waals surface area contributed by atoms with Crippen LogP contribution in [0.1, 0.15) is 38.5 Å². The lowest BCUT2D eigenvalue weighted by molar-refractivity contribution is -0.136. The summed E-state index contributed by atoms with van der Waals surface area (Å²) in [4.78, 5) is 14.7. The number of hydrogen-bond acceptors (Lipinski definition) is 3. The van der Waals surface area contributed by atoms with Gasteiger partial charge in [-0.15, -0.1) is 0 Å². The van der Waals surface area contributed by atoms with Gasteiger partial charge < -0.3 is 15.0 Å². The summed E-state index contributed by atoms with van der Waals surface area (Å²) in [6, 6.07) is 15.7. The van der Waals surface area contributed by atoms with Crippen molar-refractivity contribution < 1.29 is 9.53 Å². The summed E-state index contributed by atoms with van der Waals surface area (Å²) in [6.45, 7) is 1.68. The number of para-hydroxylation sites is 2. The lowest BCUT2D eigenvalue weighted by Gasteiger charge is -2.34. The Hall–Kier alpha value is -2.20. The Morgan fingerprint density at radius 3 is 2.36 bits per heavy atom. The second-order valence-electron chi connectivity index (χ2n) is 7.78. The molecule has 1 aliphatic heterocycles. The van der Waals surface area contributed by atoms with Gasteiger partial charge in [0.25, 0.3) is 0 Å². The highest BCUT2D eigenvalue weighted by molar-refractivity contribution is 6.30. The van der Waals surface area contributed by atoms with Crippen molar-refractivity contribution in [2.24, 2.45) is 5.92 Å². The van der Waals surface area contributed by atoms with Crippen LogP contribution in [-0.2, 0) is 4.79 Å². The van der Waals surface area contributed by atoms with Gasteiger partial charge in [0.2, 0.25) is 5.91 Å². The Morgan fingerprint density at radius 2 is 1.64 bits per heavy atom. The molecule has 1 amide bonds. The van der Waals surface area contributed by atoms with E-state index in [0.717, 1.165) is 56.0 Å². The summed E-state index contributed by atoms with van der Waals surface area (Å²) >= 11 is 5.95. The number of benzene rings is 2. The number of amides is 1. The van der Waals surface area contributed by atoms with E-state index in [1.54, 1.807) is 0 Å². The number of nitrogens with one attached hydrogen (secondary N) is 1. The molecule has 148 valence electrons. The number of rotatable bonds is 5. The second kappa shape index (κ2) is 8.87. The van der Waals surface area contributed by atoms with Gasteiger partial charge in [-0.1, -0.05) is 36.6 Å². The Balaban J connectivity index is 1.35. The molecule has 4 rings (SSSR count). The summed E-state index contributed by atoms with van der Waals surface area (Å²) in [5, 5.41) is 4.31. The summed E-state index contributed by atoms with van der Waals surface area (Å²) < 4.78 is 6.05. The molecule has 1 heterocycles. The Kier molecular flexibility index (Phi) is 6.06. The van der Waals surface area contributed by atoms with Crippen molar-refractivity contribution in [3.05, 3.63) is 53.6 Å². The molecule has 0 aromatic heterocycles. The van der Waals surface area contributed by atoms with E-state index in [0.29, 0.717) is 17.0 Å². The minimum absolute atomic E-state index is 0.276. The monoisotopic (exact) mass is 398 g/mol. The van der Waals surface area contributed by atoms with Gasteiger partial charge in [-0.25, -0.2) is 0 Å². The predicted octanol–water partition coefficient (Wildman–Crippen LogP) is 5.73. The van der Waals surface area contributed by atoms with E-state index in [1.807, 2.05) is 48.5 Å². The zero-order valence-electron chi connectivity index (χ0n) is 16.1. The highest BCUT2D eigenvalue weighted by atomic mass is 35.5. The smallest absolute Gasteiger partial charge is 0.225 e. The molecule has 0 radical (unpaired) electrons. The SMILES string of the molecule is O=C(C1CCCC1)N1CCC(Nc2ccccc2Oc2ccc(Cl)cc2)CC1. The van der Waals surface area contributed by atoms with Gasteiger partial charge in [0.05, 0.1) is 5.69 Å². The van der Waals surface area contributed by atoms with Crippen LogP contribution in [0.3, 0.4) is 0 Å². The summed E-state index contributed by atoms with van der Waals surface area (Å²) in [7, 11) is 0. The van der Waals surface area contributed by atoms with E-state index in [2.05, 4.69) is 10.2 Å². The first-order valence-corrected chi connectivity index (χ1v) is 10.6. The topological polar surface area (TPSA) is 41.6 Å². The Bertz CT molecular complexity index is 795. The van der Waals surface area contributed by atoms with Crippen LogP contribution < -0.4 is 10.1 Å². The standard InChI is InChI=1S/C23H27ClN2O2/c24-18-9-11-20(12-10-18)28-22-8-4-3-7-21(22)25-19-13-15-26(16-14-19)23(27)17-5-1-2-6-17/h3-4,7-12,17,19,25H,1-2,5-6,13-16H2. The van der Waals surface area contributed by atoms with Crippen molar-refractivity contribution in [2.75, 3.05) is 18.4 Å². The van der Waals surface area contributed by atoms with E-state index in [4.69, 9.17) is 16.3 Å². The first kappa shape index (κ1) is 19.1. The normalized spacial score (nSPS) is 18.2. The summed E-state index contributed by atoms with van der Waals surface area (Å²) in [5.41, 5.74) is 0.984. The van der Waals surface area contributed by atoms with Crippen LogP contribution in [0.5, 0.6) is 11.5 Å². The average molecular weight is 399 g/mol. The third-order valence-electron chi connectivity index (χ3n) is 5.80. The van der Waals surface area contributed by atoms with Crippen LogP contribution in [0.15, 0.2) is 48.5 Å². The zero-order chi connectivity index (χ0) is 19.3. The summed E-state index contributed by atoms with van der Waals surface area (Å²) in [6.07, 6.45) is 6.50. The minimum Gasteiger partial charge on any atom is -0.455 e. The molecule has 2 fully saturated rings. The van der Waals surface area contributed by atoms with Gasteiger partial charge in [0.1, 0.15) is 5.75 Å². The van der Waals surface area contributed by atoms with Gasteiger partial charge in [0.15, 0.2) is 5.75 Å². The Morgan fingerprint density at radius 1 is 0.964 bits per heavy atom. The first-order valence-electron chi connectivity index (χ1n) is 10.3. The lowest BCUT2D eigenvalue weighted by Crippen LogP contribution is -2.44. The van der Waals surface area contributed by atoms with E-state index < -0.39 is 0 Å². The van der Waals surface area contributed by atoms with Crippen molar-refractivity contribution in [3.8, 4) is 11.5 Å². The molecule has 1 N–H and O–H groups in total. The van der Waals surface area contributed by atoms with Gasteiger partial charge in [-0.2, -0.15) is 0 Å². The van der Waals surface area contributed by atoms with Crippen LogP contribution in [0.4, 0.5) is 5.69 Å². The first-order chi connectivity index (χ1) is 13.7. The Labute approximate surface area is 171 Å². The largest absolute Gasteiger partial charge is 0.455 e. The molecule has 0 atom stereocenters. The molecule has 2 aromatic carbocycles. The molecule has 1 aliphatic carbocycles. The van der Waals surface area contributed by atoms with Crippen LogP contribution >= 0.6 is 11.6 Å². The van der Waals surface area contributed by atoms with Gasteiger partial charge in [-0.05, 0) is 62.1 Å². The maximum Gasteiger partial charge on any atom is 0.225 e.